The molecule has 4 aromatic rings. The zero-order valence-corrected chi connectivity index (χ0v) is 15.4. The van der Waals surface area contributed by atoms with E-state index in [4.69, 9.17) is 4.74 Å². The summed E-state index contributed by atoms with van der Waals surface area (Å²) in [5.74, 6) is 0.0424. The molecule has 1 aliphatic rings. The summed E-state index contributed by atoms with van der Waals surface area (Å²) in [6, 6.07) is 17.9. The summed E-state index contributed by atoms with van der Waals surface area (Å²) in [5.41, 5.74) is 4.37. The fraction of sp³-hybridized carbons (Fsp3) is 0.182. The number of carbonyl (C=O) groups is 1. The molecule has 6 heteroatoms. The molecule has 0 atom stereocenters. The van der Waals surface area contributed by atoms with Crippen molar-refractivity contribution in [3.63, 3.8) is 0 Å². The van der Waals surface area contributed by atoms with Crippen molar-refractivity contribution in [3.05, 3.63) is 78.9 Å². The predicted molar refractivity (Wildman–Crippen MR) is 107 cm³/mol. The van der Waals surface area contributed by atoms with E-state index in [0.29, 0.717) is 31.9 Å². The highest BCUT2D eigenvalue weighted by atomic mass is 16.5. The molecule has 0 spiro atoms. The van der Waals surface area contributed by atoms with Crippen molar-refractivity contribution in [1.29, 1.82) is 0 Å². The van der Waals surface area contributed by atoms with Crippen LogP contribution in [0.4, 0.5) is 0 Å². The molecule has 1 fully saturated rings. The van der Waals surface area contributed by atoms with Gasteiger partial charge in [-0.05, 0) is 30.3 Å². The van der Waals surface area contributed by atoms with Crippen molar-refractivity contribution in [3.8, 4) is 17.1 Å². The molecule has 0 aliphatic carbocycles. The van der Waals surface area contributed by atoms with Gasteiger partial charge in [0.05, 0.1) is 36.3 Å². The predicted octanol–water partition coefficient (Wildman–Crippen LogP) is 3.26. The van der Waals surface area contributed by atoms with Crippen LogP contribution in [0.15, 0.2) is 73.3 Å². The standard InChI is InChI=1S/C22H20N4O2/c27-22(24-10-12-28-13-11-24)18-14-21(26-9-5-4-8-20(18)26)19-15-25(16-23-19)17-6-2-1-3-7-17/h1-9,14-16H,10-13H2. The molecule has 28 heavy (non-hydrogen) atoms. The number of hydrogen-bond acceptors (Lipinski definition) is 3. The van der Waals surface area contributed by atoms with E-state index in [0.717, 1.165) is 22.6 Å². The van der Waals surface area contributed by atoms with E-state index in [9.17, 15) is 4.79 Å². The quantitative estimate of drug-likeness (QED) is 0.555. The third kappa shape index (κ3) is 2.88. The maximum Gasteiger partial charge on any atom is 0.256 e. The molecule has 0 N–H and O–H groups in total. The Kier molecular flexibility index (Phi) is 4.18. The Balaban J connectivity index is 1.57. The molecule has 3 aromatic heterocycles. The van der Waals surface area contributed by atoms with Crippen molar-refractivity contribution >= 4 is 11.4 Å². The van der Waals surface area contributed by atoms with Crippen LogP contribution in [0.2, 0.25) is 0 Å². The van der Waals surface area contributed by atoms with Gasteiger partial charge in [0.25, 0.3) is 5.91 Å². The minimum absolute atomic E-state index is 0.0424. The number of fused-ring (bicyclic) bond motifs is 1. The van der Waals surface area contributed by atoms with Crippen molar-refractivity contribution in [1.82, 2.24) is 18.9 Å². The first-order valence-corrected chi connectivity index (χ1v) is 9.38. The summed E-state index contributed by atoms with van der Waals surface area (Å²) in [5, 5.41) is 0. The van der Waals surface area contributed by atoms with Crippen molar-refractivity contribution < 1.29 is 9.53 Å². The third-order valence-electron chi connectivity index (χ3n) is 5.10. The summed E-state index contributed by atoms with van der Waals surface area (Å²) >= 11 is 0. The number of carbonyl (C=O) groups excluding carboxylic acids is 1. The molecule has 0 saturated carbocycles. The van der Waals surface area contributed by atoms with Crippen LogP contribution in [0.1, 0.15) is 10.4 Å². The minimum Gasteiger partial charge on any atom is -0.378 e. The van der Waals surface area contributed by atoms with Gasteiger partial charge in [0, 0.05) is 31.2 Å². The summed E-state index contributed by atoms with van der Waals surface area (Å²) < 4.78 is 9.40. The number of pyridine rings is 1. The summed E-state index contributed by atoms with van der Waals surface area (Å²) in [7, 11) is 0. The number of para-hydroxylation sites is 1. The summed E-state index contributed by atoms with van der Waals surface area (Å²) in [6.45, 7) is 2.43. The second-order valence-corrected chi connectivity index (χ2v) is 6.81. The molecule has 1 aromatic carbocycles. The Morgan fingerprint density at radius 2 is 1.79 bits per heavy atom. The molecular weight excluding hydrogens is 352 g/mol. The van der Waals surface area contributed by atoms with E-state index in [2.05, 4.69) is 4.98 Å². The Morgan fingerprint density at radius 3 is 2.61 bits per heavy atom. The lowest BCUT2D eigenvalue weighted by atomic mass is 10.2. The van der Waals surface area contributed by atoms with Crippen LogP contribution < -0.4 is 0 Å². The second-order valence-electron chi connectivity index (χ2n) is 6.81. The van der Waals surface area contributed by atoms with E-state index < -0.39 is 0 Å². The van der Waals surface area contributed by atoms with E-state index in [1.165, 1.54) is 0 Å². The van der Waals surface area contributed by atoms with E-state index >= 15 is 0 Å². The molecule has 1 saturated heterocycles. The first-order chi connectivity index (χ1) is 13.8. The number of hydrogen-bond donors (Lipinski definition) is 0. The van der Waals surface area contributed by atoms with Gasteiger partial charge in [-0.15, -0.1) is 0 Å². The molecular formula is C22H20N4O2. The Bertz CT molecular complexity index is 1120. The maximum absolute atomic E-state index is 13.1. The van der Waals surface area contributed by atoms with Crippen LogP contribution >= 0.6 is 0 Å². The highest BCUT2D eigenvalue weighted by Crippen LogP contribution is 2.27. The molecule has 4 heterocycles. The molecule has 140 valence electrons. The Morgan fingerprint density at radius 1 is 1.00 bits per heavy atom. The normalized spacial score (nSPS) is 14.5. The van der Waals surface area contributed by atoms with Gasteiger partial charge in [-0.1, -0.05) is 24.3 Å². The monoisotopic (exact) mass is 372 g/mol. The van der Waals surface area contributed by atoms with Crippen molar-refractivity contribution in [2.45, 2.75) is 0 Å². The molecule has 0 bridgehead atoms. The lowest BCUT2D eigenvalue weighted by Gasteiger charge is -2.26. The van der Waals surface area contributed by atoms with Gasteiger partial charge in [0.2, 0.25) is 0 Å². The largest absolute Gasteiger partial charge is 0.378 e. The highest BCUT2D eigenvalue weighted by Gasteiger charge is 2.23. The first kappa shape index (κ1) is 16.8. The molecule has 5 rings (SSSR count). The highest BCUT2D eigenvalue weighted by molar-refractivity contribution is 6.02. The average Bonchev–Trinajstić information content (AvgIpc) is 3.40. The Labute approximate surface area is 162 Å². The summed E-state index contributed by atoms with van der Waals surface area (Å²) in [6.07, 6.45) is 5.77. The van der Waals surface area contributed by atoms with E-state index in [-0.39, 0.29) is 5.91 Å². The summed E-state index contributed by atoms with van der Waals surface area (Å²) in [4.78, 5) is 19.6. The van der Waals surface area contributed by atoms with Gasteiger partial charge in [0.1, 0.15) is 5.69 Å². The van der Waals surface area contributed by atoms with Crippen LogP contribution in [-0.2, 0) is 4.74 Å². The first-order valence-electron chi connectivity index (χ1n) is 9.38. The minimum atomic E-state index is 0.0424. The number of amides is 1. The zero-order chi connectivity index (χ0) is 18.9. The smallest absolute Gasteiger partial charge is 0.256 e. The molecule has 1 aliphatic heterocycles. The van der Waals surface area contributed by atoms with Gasteiger partial charge in [0.15, 0.2) is 0 Å². The molecule has 0 radical (unpaired) electrons. The molecule has 1 amide bonds. The number of morpholine rings is 1. The molecule has 0 unspecified atom stereocenters. The third-order valence-corrected chi connectivity index (χ3v) is 5.10. The van der Waals surface area contributed by atoms with Crippen molar-refractivity contribution in [2.24, 2.45) is 0 Å². The maximum atomic E-state index is 13.1. The van der Waals surface area contributed by atoms with Crippen LogP contribution in [0.5, 0.6) is 0 Å². The lowest BCUT2D eigenvalue weighted by Crippen LogP contribution is -2.40. The van der Waals surface area contributed by atoms with Crippen LogP contribution in [0, 0.1) is 0 Å². The van der Waals surface area contributed by atoms with Gasteiger partial charge >= 0.3 is 0 Å². The van der Waals surface area contributed by atoms with E-state index in [1.807, 2.05) is 80.9 Å². The number of imidazole rings is 1. The van der Waals surface area contributed by atoms with Gasteiger partial charge < -0.3 is 18.6 Å². The average molecular weight is 372 g/mol. The van der Waals surface area contributed by atoms with E-state index in [1.54, 1.807) is 6.33 Å². The second kappa shape index (κ2) is 6.98. The number of rotatable bonds is 3. The topological polar surface area (TPSA) is 51.8 Å². The SMILES string of the molecule is O=C(c1cc(-c2cn(-c3ccccc3)cn2)n2ccccc12)N1CCOCC1. The number of ether oxygens (including phenoxy) is 1. The van der Waals surface area contributed by atoms with Gasteiger partial charge in [-0.3, -0.25) is 4.79 Å². The van der Waals surface area contributed by atoms with Gasteiger partial charge in [-0.2, -0.15) is 0 Å². The molecule has 6 nitrogen and oxygen atoms in total. The zero-order valence-electron chi connectivity index (χ0n) is 15.4. The van der Waals surface area contributed by atoms with Crippen LogP contribution in [0.3, 0.4) is 0 Å². The van der Waals surface area contributed by atoms with Crippen LogP contribution in [0.25, 0.3) is 22.6 Å². The van der Waals surface area contributed by atoms with Gasteiger partial charge in [-0.25, -0.2) is 4.98 Å². The van der Waals surface area contributed by atoms with Crippen LogP contribution in [-0.4, -0.2) is 51.1 Å². The number of benzene rings is 1. The number of aromatic nitrogens is 3. The van der Waals surface area contributed by atoms with Crippen molar-refractivity contribution in [2.75, 3.05) is 26.3 Å². The number of nitrogens with zero attached hydrogens (tertiary/aromatic N) is 4. The Hall–Kier alpha value is -3.38. The lowest BCUT2D eigenvalue weighted by molar-refractivity contribution is 0.0304. The fourth-order valence-electron chi connectivity index (χ4n) is 3.65. The fourth-order valence-corrected chi connectivity index (χ4v) is 3.65.